The molecule has 3 rings (SSSR count). The van der Waals surface area contributed by atoms with Gasteiger partial charge in [-0.05, 0) is 36.6 Å². The van der Waals surface area contributed by atoms with Gasteiger partial charge in [-0.2, -0.15) is 4.98 Å². The fourth-order valence-electron chi connectivity index (χ4n) is 2.70. The number of amides is 2. The van der Waals surface area contributed by atoms with Crippen molar-refractivity contribution in [3.8, 4) is 11.3 Å². The molecule has 1 unspecified atom stereocenters. The maximum absolute atomic E-state index is 12.3. The van der Waals surface area contributed by atoms with Gasteiger partial charge in [0.15, 0.2) is 5.82 Å². The number of carbonyl (C=O) groups is 1. The van der Waals surface area contributed by atoms with Crippen LogP contribution in [0, 0.1) is 12.8 Å². The SMILES string of the molecule is Cc1noc(C(NC(=O)NCc2cccc(-c3ccccn3)c2)C(C)C)n1. The first-order chi connectivity index (χ1) is 13.0. The number of urea groups is 1. The van der Waals surface area contributed by atoms with E-state index >= 15 is 0 Å². The molecule has 0 aliphatic carbocycles. The Kier molecular flexibility index (Phi) is 5.80. The molecule has 1 aromatic carbocycles. The van der Waals surface area contributed by atoms with Gasteiger partial charge in [-0.25, -0.2) is 4.79 Å². The number of carbonyl (C=O) groups excluding carboxylic acids is 1. The number of hydrogen-bond donors (Lipinski definition) is 2. The normalized spacial score (nSPS) is 12.0. The maximum Gasteiger partial charge on any atom is 0.315 e. The summed E-state index contributed by atoms with van der Waals surface area (Å²) in [7, 11) is 0. The van der Waals surface area contributed by atoms with E-state index in [1.165, 1.54) is 0 Å². The minimum absolute atomic E-state index is 0.114. The van der Waals surface area contributed by atoms with Crippen molar-refractivity contribution in [1.82, 2.24) is 25.8 Å². The van der Waals surface area contributed by atoms with Gasteiger partial charge in [0.2, 0.25) is 5.89 Å². The van der Waals surface area contributed by atoms with E-state index < -0.39 is 0 Å². The second-order valence-corrected chi connectivity index (χ2v) is 6.64. The molecule has 1 atom stereocenters. The lowest BCUT2D eigenvalue weighted by Crippen LogP contribution is -2.39. The van der Waals surface area contributed by atoms with E-state index in [2.05, 4.69) is 25.8 Å². The summed E-state index contributed by atoms with van der Waals surface area (Å²) in [6.07, 6.45) is 1.76. The molecule has 2 N–H and O–H groups in total. The standard InChI is InChI=1S/C20H23N5O2/c1-13(2)18(19-23-14(3)25-27-19)24-20(26)22-12-15-7-6-8-16(11-15)17-9-4-5-10-21-17/h4-11,13,18H,12H2,1-3H3,(H2,22,24,26). The third-order valence-corrected chi connectivity index (χ3v) is 4.10. The predicted octanol–water partition coefficient (Wildman–Crippen LogP) is 3.64. The number of pyridine rings is 1. The zero-order valence-electron chi connectivity index (χ0n) is 15.6. The molecule has 2 aromatic heterocycles. The van der Waals surface area contributed by atoms with Gasteiger partial charge in [0, 0.05) is 18.3 Å². The first-order valence-electron chi connectivity index (χ1n) is 8.88. The Morgan fingerprint density at radius 1 is 1.19 bits per heavy atom. The van der Waals surface area contributed by atoms with E-state index in [1.807, 2.05) is 56.3 Å². The molecule has 0 saturated heterocycles. The van der Waals surface area contributed by atoms with Crippen LogP contribution in [0.2, 0.25) is 0 Å². The van der Waals surface area contributed by atoms with Crippen LogP contribution >= 0.6 is 0 Å². The van der Waals surface area contributed by atoms with Gasteiger partial charge in [-0.3, -0.25) is 4.98 Å². The van der Waals surface area contributed by atoms with Gasteiger partial charge < -0.3 is 15.2 Å². The van der Waals surface area contributed by atoms with Crippen molar-refractivity contribution in [2.45, 2.75) is 33.4 Å². The van der Waals surface area contributed by atoms with E-state index in [0.29, 0.717) is 18.3 Å². The molecule has 7 heteroatoms. The summed E-state index contributed by atoms with van der Waals surface area (Å²) in [5, 5.41) is 9.58. The summed E-state index contributed by atoms with van der Waals surface area (Å²) >= 11 is 0. The van der Waals surface area contributed by atoms with E-state index in [9.17, 15) is 4.79 Å². The third kappa shape index (κ3) is 4.91. The molecule has 0 saturated carbocycles. The first kappa shape index (κ1) is 18.6. The Bertz CT molecular complexity index is 892. The van der Waals surface area contributed by atoms with Crippen LogP contribution < -0.4 is 10.6 Å². The van der Waals surface area contributed by atoms with Crippen LogP contribution in [-0.4, -0.2) is 21.2 Å². The minimum Gasteiger partial charge on any atom is -0.337 e. The molecule has 2 heterocycles. The molecular weight excluding hydrogens is 342 g/mol. The molecule has 0 spiro atoms. The van der Waals surface area contributed by atoms with Crippen LogP contribution in [0.15, 0.2) is 53.2 Å². The quantitative estimate of drug-likeness (QED) is 0.696. The van der Waals surface area contributed by atoms with E-state index in [0.717, 1.165) is 16.8 Å². The Balaban J connectivity index is 1.62. The van der Waals surface area contributed by atoms with Gasteiger partial charge in [0.25, 0.3) is 0 Å². The highest BCUT2D eigenvalue weighted by Gasteiger charge is 2.23. The Morgan fingerprint density at radius 3 is 2.70 bits per heavy atom. The van der Waals surface area contributed by atoms with E-state index in [1.54, 1.807) is 13.1 Å². The van der Waals surface area contributed by atoms with Crippen LogP contribution in [0.3, 0.4) is 0 Å². The summed E-state index contributed by atoms with van der Waals surface area (Å²) in [6, 6.07) is 13.1. The highest BCUT2D eigenvalue weighted by Crippen LogP contribution is 2.20. The highest BCUT2D eigenvalue weighted by atomic mass is 16.5. The highest BCUT2D eigenvalue weighted by molar-refractivity contribution is 5.74. The van der Waals surface area contributed by atoms with Crippen molar-refractivity contribution in [3.05, 3.63) is 65.9 Å². The molecule has 0 bridgehead atoms. The number of aromatic nitrogens is 3. The van der Waals surface area contributed by atoms with Gasteiger partial charge in [0.05, 0.1) is 5.69 Å². The first-order valence-corrected chi connectivity index (χ1v) is 8.88. The van der Waals surface area contributed by atoms with Crippen molar-refractivity contribution in [2.75, 3.05) is 0 Å². The smallest absolute Gasteiger partial charge is 0.315 e. The molecular formula is C20H23N5O2. The van der Waals surface area contributed by atoms with E-state index in [4.69, 9.17) is 4.52 Å². The van der Waals surface area contributed by atoms with E-state index in [-0.39, 0.29) is 18.0 Å². The van der Waals surface area contributed by atoms with Gasteiger partial charge in [0.1, 0.15) is 6.04 Å². The van der Waals surface area contributed by atoms with Crippen LogP contribution in [0.25, 0.3) is 11.3 Å². The second kappa shape index (κ2) is 8.44. The lowest BCUT2D eigenvalue weighted by atomic mass is 10.0. The van der Waals surface area contributed by atoms with Crippen molar-refractivity contribution in [3.63, 3.8) is 0 Å². The zero-order chi connectivity index (χ0) is 19.2. The Morgan fingerprint density at radius 2 is 2.04 bits per heavy atom. The molecule has 140 valence electrons. The van der Waals surface area contributed by atoms with Crippen molar-refractivity contribution in [1.29, 1.82) is 0 Å². The second-order valence-electron chi connectivity index (χ2n) is 6.64. The van der Waals surface area contributed by atoms with Crippen LogP contribution in [0.1, 0.15) is 37.2 Å². The third-order valence-electron chi connectivity index (χ3n) is 4.10. The number of nitrogens with one attached hydrogen (secondary N) is 2. The van der Waals surface area contributed by atoms with Crippen molar-refractivity contribution in [2.24, 2.45) is 5.92 Å². The fourth-order valence-corrected chi connectivity index (χ4v) is 2.70. The number of hydrogen-bond acceptors (Lipinski definition) is 5. The zero-order valence-corrected chi connectivity index (χ0v) is 15.6. The molecule has 0 aliphatic rings. The number of nitrogens with zero attached hydrogens (tertiary/aromatic N) is 3. The summed E-state index contributed by atoms with van der Waals surface area (Å²) in [6.45, 7) is 6.13. The molecule has 2 amide bonds. The minimum atomic E-state index is -0.342. The molecule has 0 aliphatic heterocycles. The lowest BCUT2D eigenvalue weighted by molar-refractivity contribution is 0.224. The molecule has 3 aromatic rings. The van der Waals surface area contributed by atoms with Gasteiger partial charge >= 0.3 is 6.03 Å². The van der Waals surface area contributed by atoms with Crippen molar-refractivity contribution >= 4 is 6.03 Å². The molecule has 7 nitrogen and oxygen atoms in total. The summed E-state index contributed by atoms with van der Waals surface area (Å²) in [5.74, 6) is 1.07. The maximum atomic E-state index is 12.3. The van der Waals surface area contributed by atoms with Crippen LogP contribution in [-0.2, 0) is 6.54 Å². The predicted molar refractivity (Wildman–Crippen MR) is 102 cm³/mol. The fraction of sp³-hybridized carbons (Fsp3) is 0.300. The molecule has 0 radical (unpaired) electrons. The van der Waals surface area contributed by atoms with Crippen LogP contribution in [0.4, 0.5) is 4.79 Å². The number of benzene rings is 1. The topological polar surface area (TPSA) is 92.9 Å². The summed E-state index contributed by atoms with van der Waals surface area (Å²) in [5.41, 5.74) is 2.90. The summed E-state index contributed by atoms with van der Waals surface area (Å²) < 4.78 is 5.21. The monoisotopic (exact) mass is 365 g/mol. The molecule has 0 fully saturated rings. The lowest BCUT2D eigenvalue weighted by Gasteiger charge is -2.19. The Hall–Kier alpha value is -3.22. The van der Waals surface area contributed by atoms with Crippen molar-refractivity contribution < 1.29 is 9.32 Å². The Labute approximate surface area is 158 Å². The number of aryl methyl sites for hydroxylation is 1. The largest absolute Gasteiger partial charge is 0.337 e. The van der Waals surface area contributed by atoms with Crippen LogP contribution in [0.5, 0.6) is 0 Å². The summed E-state index contributed by atoms with van der Waals surface area (Å²) in [4.78, 5) is 20.9. The average molecular weight is 365 g/mol. The molecule has 27 heavy (non-hydrogen) atoms. The van der Waals surface area contributed by atoms with Gasteiger partial charge in [-0.15, -0.1) is 0 Å². The van der Waals surface area contributed by atoms with Gasteiger partial charge in [-0.1, -0.05) is 43.3 Å². The number of rotatable bonds is 6. The average Bonchev–Trinajstić information content (AvgIpc) is 3.11.